The number of hydrogen-bond acceptors (Lipinski definition) is 7. The van der Waals surface area contributed by atoms with Crippen LogP contribution in [0.3, 0.4) is 0 Å². The van der Waals surface area contributed by atoms with Crippen LogP contribution in [0.1, 0.15) is 73.9 Å². The first-order valence-corrected chi connectivity index (χ1v) is 12.9. The molecule has 1 fully saturated rings. The standard InChI is InChI=1S/C27H36N4O6/c1-5-35-24(32)23-21-17-30(25(33)36-18-19-9-7-6-8-10-19)16-13-22(21)28-31(23)20-11-14-29(15-12-20)26(34)37-27(2,3)4/h6-10,20H,5,11-18H2,1-4H3. The monoisotopic (exact) mass is 512 g/mol. The van der Waals surface area contributed by atoms with Crippen molar-refractivity contribution in [1.82, 2.24) is 19.6 Å². The molecule has 0 unspecified atom stereocenters. The van der Waals surface area contributed by atoms with Crippen molar-refractivity contribution in [3.8, 4) is 0 Å². The normalized spacial score (nSPS) is 16.2. The number of ether oxygens (including phenoxy) is 3. The summed E-state index contributed by atoms with van der Waals surface area (Å²) in [5.74, 6) is -0.453. The predicted octanol–water partition coefficient (Wildman–Crippen LogP) is 4.33. The van der Waals surface area contributed by atoms with Gasteiger partial charge in [-0.15, -0.1) is 0 Å². The number of aromatic nitrogens is 2. The van der Waals surface area contributed by atoms with Gasteiger partial charge in [0.25, 0.3) is 0 Å². The van der Waals surface area contributed by atoms with Crippen molar-refractivity contribution in [2.45, 2.75) is 71.8 Å². The third-order valence-corrected chi connectivity index (χ3v) is 6.45. The van der Waals surface area contributed by atoms with Gasteiger partial charge in [0.15, 0.2) is 5.69 Å². The van der Waals surface area contributed by atoms with Gasteiger partial charge >= 0.3 is 18.2 Å². The zero-order valence-corrected chi connectivity index (χ0v) is 22.1. The van der Waals surface area contributed by atoms with Crippen LogP contribution in [0.2, 0.25) is 0 Å². The Morgan fingerprint density at radius 1 is 0.973 bits per heavy atom. The van der Waals surface area contributed by atoms with E-state index in [-0.39, 0.29) is 31.9 Å². The molecule has 0 atom stereocenters. The smallest absolute Gasteiger partial charge is 0.410 e. The molecule has 37 heavy (non-hydrogen) atoms. The van der Waals surface area contributed by atoms with E-state index in [1.807, 2.05) is 51.1 Å². The molecule has 2 amide bonds. The molecule has 0 aliphatic carbocycles. The summed E-state index contributed by atoms with van der Waals surface area (Å²) in [6.45, 7) is 9.41. The van der Waals surface area contributed by atoms with Crippen LogP contribution in [0.4, 0.5) is 9.59 Å². The highest BCUT2D eigenvalue weighted by Crippen LogP contribution is 2.31. The fourth-order valence-corrected chi connectivity index (χ4v) is 4.66. The molecule has 0 saturated carbocycles. The van der Waals surface area contributed by atoms with E-state index in [0.29, 0.717) is 50.2 Å². The molecule has 10 nitrogen and oxygen atoms in total. The first kappa shape index (κ1) is 26.5. The molecule has 0 N–H and O–H groups in total. The van der Waals surface area contributed by atoms with Gasteiger partial charge in [0, 0.05) is 31.6 Å². The highest BCUT2D eigenvalue weighted by Gasteiger charge is 2.35. The van der Waals surface area contributed by atoms with Crippen LogP contribution >= 0.6 is 0 Å². The molecule has 1 aromatic heterocycles. The van der Waals surface area contributed by atoms with Crippen LogP contribution < -0.4 is 0 Å². The summed E-state index contributed by atoms with van der Waals surface area (Å²) in [5.41, 5.74) is 2.24. The molecule has 10 heteroatoms. The van der Waals surface area contributed by atoms with Gasteiger partial charge in [-0.3, -0.25) is 4.68 Å². The van der Waals surface area contributed by atoms with Crippen molar-refractivity contribution in [1.29, 1.82) is 0 Å². The first-order valence-electron chi connectivity index (χ1n) is 12.9. The minimum Gasteiger partial charge on any atom is -0.461 e. The van der Waals surface area contributed by atoms with Gasteiger partial charge in [0.05, 0.1) is 24.9 Å². The minimum absolute atomic E-state index is 0.0674. The van der Waals surface area contributed by atoms with E-state index >= 15 is 0 Å². The van der Waals surface area contributed by atoms with E-state index < -0.39 is 17.7 Å². The average molecular weight is 513 g/mol. The van der Waals surface area contributed by atoms with E-state index in [1.54, 1.807) is 21.4 Å². The summed E-state index contributed by atoms with van der Waals surface area (Å²) in [6, 6.07) is 9.44. The number of piperidine rings is 1. The number of benzene rings is 1. The van der Waals surface area contributed by atoms with Gasteiger partial charge < -0.3 is 24.0 Å². The second kappa shape index (κ2) is 11.2. The molecule has 0 spiro atoms. The lowest BCUT2D eigenvalue weighted by atomic mass is 10.0. The largest absolute Gasteiger partial charge is 0.461 e. The van der Waals surface area contributed by atoms with Gasteiger partial charge in [0.2, 0.25) is 0 Å². The maximum atomic E-state index is 13.1. The lowest BCUT2D eigenvalue weighted by Gasteiger charge is -2.33. The minimum atomic E-state index is -0.555. The number of nitrogens with zero attached hydrogens (tertiary/aromatic N) is 4. The van der Waals surface area contributed by atoms with Crippen LogP contribution in [-0.2, 0) is 33.8 Å². The Balaban J connectivity index is 1.48. The van der Waals surface area contributed by atoms with Crippen molar-refractivity contribution in [3.05, 3.63) is 52.8 Å². The fourth-order valence-electron chi connectivity index (χ4n) is 4.66. The van der Waals surface area contributed by atoms with E-state index in [0.717, 1.165) is 11.3 Å². The number of amides is 2. The number of rotatable bonds is 5. The van der Waals surface area contributed by atoms with Gasteiger partial charge in [-0.05, 0) is 46.1 Å². The Kier molecular flexibility index (Phi) is 8.04. The fraction of sp³-hybridized carbons (Fsp3) is 0.556. The molecular formula is C27H36N4O6. The van der Waals surface area contributed by atoms with E-state index in [4.69, 9.17) is 19.3 Å². The van der Waals surface area contributed by atoms with Crippen LogP contribution in [0, 0.1) is 0 Å². The SMILES string of the molecule is CCOC(=O)c1c2c(nn1C1CCN(C(=O)OC(C)(C)C)CC1)CCN(C(=O)OCc1ccccc1)C2. The lowest BCUT2D eigenvalue weighted by Crippen LogP contribution is -2.42. The first-order chi connectivity index (χ1) is 17.7. The van der Waals surface area contributed by atoms with Gasteiger partial charge in [0.1, 0.15) is 12.2 Å². The summed E-state index contributed by atoms with van der Waals surface area (Å²) >= 11 is 0. The Morgan fingerprint density at radius 2 is 1.68 bits per heavy atom. The van der Waals surface area contributed by atoms with E-state index in [2.05, 4.69) is 0 Å². The molecule has 2 aliphatic heterocycles. The Labute approximate surface area is 217 Å². The second-order valence-electron chi connectivity index (χ2n) is 10.3. The molecule has 1 saturated heterocycles. The van der Waals surface area contributed by atoms with Crippen LogP contribution in [0.15, 0.2) is 30.3 Å². The highest BCUT2D eigenvalue weighted by molar-refractivity contribution is 5.90. The molecule has 0 radical (unpaired) electrons. The van der Waals surface area contributed by atoms with E-state index in [1.165, 1.54) is 0 Å². The number of esters is 1. The number of likely N-dealkylation sites (tertiary alicyclic amines) is 1. The maximum Gasteiger partial charge on any atom is 0.410 e. The van der Waals surface area contributed by atoms with Crippen LogP contribution in [0.25, 0.3) is 0 Å². The van der Waals surface area contributed by atoms with Gasteiger partial charge in [-0.1, -0.05) is 30.3 Å². The highest BCUT2D eigenvalue weighted by atomic mass is 16.6. The summed E-state index contributed by atoms with van der Waals surface area (Å²) in [5, 5.41) is 4.80. The Bertz CT molecular complexity index is 1120. The van der Waals surface area contributed by atoms with Gasteiger partial charge in [-0.2, -0.15) is 5.10 Å². The number of carbonyl (C=O) groups is 3. The molecule has 4 rings (SSSR count). The molecule has 2 aromatic rings. The second-order valence-corrected chi connectivity index (χ2v) is 10.3. The maximum absolute atomic E-state index is 13.1. The molecule has 2 aliphatic rings. The molecular weight excluding hydrogens is 476 g/mol. The van der Waals surface area contributed by atoms with Crippen molar-refractivity contribution in [2.24, 2.45) is 0 Å². The molecule has 0 bridgehead atoms. The predicted molar refractivity (Wildman–Crippen MR) is 135 cm³/mol. The topological polar surface area (TPSA) is 103 Å². The Hall–Kier alpha value is -3.56. The molecule has 3 heterocycles. The summed E-state index contributed by atoms with van der Waals surface area (Å²) < 4.78 is 18.2. The zero-order chi connectivity index (χ0) is 26.6. The number of fused-ring (bicyclic) bond motifs is 1. The Morgan fingerprint density at radius 3 is 2.32 bits per heavy atom. The van der Waals surface area contributed by atoms with Crippen molar-refractivity contribution < 1.29 is 28.6 Å². The molecule has 1 aromatic carbocycles. The van der Waals surface area contributed by atoms with Crippen molar-refractivity contribution in [3.63, 3.8) is 0 Å². The summed E-state index contributed by atoms with van der Waals surface area (Å²) in [7, 11) is 0. The summed E-state index contributed by atoms with van der Waals surface area (Å²) in [6.07, 6.45) is 1.03. The van der Waals surface area contributed by atoms with E-state index in [9.17, 15) is 14.4 Å². The summed E-state index contributed by atoms with van der Waals surface area (Å²) in [4.78, 5) is 41.6. The average Bonchev–Trinajstić information content (AvgIpc) is 3.26. The lowest BCUT2D eigenvalue weighted by molar-refractivity contribution is 0.0179. The van der Waals surface area contributed by atoms with Crippen LogP contribution in [0.5, 0.6) is 0 Å². The number of hydrogen-bond donors (Lipinski definition) is 0. The van der Waals surface area contributed by atoms with Crippen LogP contribution in [-0.4, -0.2) is 69.6 Å². The van der Waals surface area contributed by atoms with Gasteiger partial charge in [-0.25, -0.2) is 14.4 Å². The quantitative estimate of drug-likeness (QED) is 0.434. The molecule has 200 valence electrons. The van der Waals surface area contributed by atoms with Crippen molar-refractivity contribution >= 4 is 18.2 Å². The number of carbonyl (C=O) groups excluding carboxylic acids is 3. The van der Waals surface area contributed by atoms with Crippen molar-refractivity contribution in [2.75, 3.05) is 26.2 Å². The third-order valence-electron chi connectivity index (χ3n) is 6.45. The third kappa shape index (κ3) is 6.42. The zero-order valence-electron chi connectivity index (χ0n) is 22.1.